The van der Waals surface area contributed by atoms with Gasteiger partial charge in [0.25, 0.3) is 0 Å². The van der Waals surface area contributed by atoms with Gasteiger partial charge in [-0.15, -0.1) is 0 Å². The number of hydrogen-bond donors (Lipinski definition) is 2. The number of piperazine rings is 1. The summed E-state index contributed by atoms with van der Waals surface area (Å²) >= 11 is 0. The fourth-order valence-corrected chi connectivity index (χ4v) is 3.02. The Bertz CT molecular complexity index is 769. The van der Waals surface area contributed by atoms with Crippen molar-refractivity contribution in [2.75, 3.05) is 43.9 Å². The van der Waals surface area contributed by atoms with E-state index in [1.807, 2.05) is 45.9 Å². The molecule has 0 unspecified atom stereocenters. The van der Waals surface area contributed by atoms with Gasteiger partial charge >= 0.3 is 0 Å². The Hall–Kier alpha value is -2.60. The summed E-state index contributed by atoms with van der Waals surface area (Å²) < 4.78 is 0. The summed E-state index contributed by atoms with van der Waals surface area (Å²) in [6, 6.07) is 5.66. The zero-order valence-corrected chi connectivity index (χ0v) is 18.8. The predicted molar refractivity (Wildman–Crippen MR) is 125 cm³/mol. The van der Waals surface area contributed by atoms with Gasteiger partial charge < -0.3 is 20.5 Å². The quantitative estimate of drug-likeness (QED) is 0.751. The molecule has 29 heavy (non-hydrogen) atoms. The zero-order chi connectivity index (χ0) is 21.8. The van der Waals surface area contributed by atoms with E-state index in [2.05, 4.69) is 39.8 Å². The lowest BCUT2D eigenvalue weighted by molar-refractivity contribution is 0.111. The molecule has 0 spiro atoms. The van der Waals surface area contributed by atoms with E-state index in [0.29, 0.717) is 5.69 Å². The van der Waals surface area contributed by atoms with E-state index in [4.69, 9.17) is 5.73 Å². The molecule has 3 heterocycles. The van der Waals surface area contributed by atoms with E-state index in [9.17, 15) is 4.79 Å². The van der Waals surface area contributed by atoms with Crippen LogP contribution in [0.2, 0.25) is 0 Å². The number of anilines is 2. The summed E-state index contributed by atoms with van der Waals surface area (Å²) in [7, 11) is 2.14. The van der Waals surface area contributed by atoms with E-state index < -0.39 is 0 Å². The lowest BCUT2D eigenvalue weighted by atomic mass is 10.1. The van der Waals surface area contributed by atoms with E-state index >= 15 is 0 Å². The number of pyridine rings is 1. The lowest BCUT2D eigenvalue weighted by Crippen LogP contribution is -2.45. The molecule has 1 aliphatic rings. The fourth-order valence-electron chi connectivity index (χ4n) is 3.02. The number of aldehydes is 1. The Labute approximate surface area is 175 Å². The zero-order valence-electron chi connectivity index (χ0n) is 18.8. The van der Waals surface area contributed by atoms with Gasteiger partial charge in [0, 0.05) is 38.1 Å². The Balaban J connectivity index is 0.000000268. The van der Waals surface area contributed by atoms with Crippen LogP contribution in [0.3, 0.4) is 0 Å². The standard InChI is InChI=1S/C11H15NO.C10H16N4.C2H6/c1-4-11-9(5-8(2)3)6-10(7-13)12-11;1-13-5-7-14(8-6-13)10-9(11)3-2-4-12-10;1-2/h5-7,12H,4H2,1-3H3;2-4H,5-8,11H2,1H3;1-2H3. The highest BCUT2D eigenvalue weighted by Crippen LogP contribution is 2.20. The van der Waals surface area contributed by atoms with Crippen LogP contribution < -0.4 is 10.6 Å². The summed E-state index contributed by atoms with van der Waals surface area (Å²) in [5, 5.41) is 0. The van der Waals surface area contributed by atoms with Gasteiger partial charge in [0.2, 0.25) is 0 Å². The first kappa shape index (κ1) is 24.4. The van der Waals surface area contributed by atoms with Crippen LogP contribution in [0.15, 0.2) is 30.0 Å². The van der Waals surface area contributed by atoms with Crippen LogP contribution in [0.5, 0.6) is 0 Å². The molecule has 3 rings (SSSR count). The molecule has 0 radical (unpaired) electrons. The van der Waals surface area contributed by atoms with Gasteiger partial charge in [-0.3, -0.25) is 4.79 Å². The minimum absolute atomic E-state index is 0.657. The first-order valence-electron chi connectivity index (χ1n) is 10.4. The number of carbonyl (C=O) groups is 1. The first-order chi connectivity index (χ1) is 13.9. The SMILES string of the molecule is CC.CCc1[nH]c(C=O)cc1C=C(C)C.CN1CCN(c2ncccc2N)CC1. The van der Waals surface area contributed by atoms with Gasteiger partial charge in [-0.1, -0.05) is 32.4 Å². The molecule has 6 nitrogen and oxygen atoms in total. The van der Waals surface area contributed by atoms with E-state index in [1.54, 1.807) is 6.20 Å². The molecule has 1 fully saturated rings. The summed E-state index contributed by atoms with van der Waals surface area (Å²) in [6.45, 7) is 14.4. The molecule has 0 bridgehead atoms. The second kappa shape index (κ2) is 12.8. The van der Waals surface area contributed by atoms with Gasteiger partial charge in [-0.05, 0) is 51.1 Å². The molecule has 0 atom stereocenters. The van der Waals surface area contributed by atoms with Crippen molar-refractivity contribution >= 4 is 23.9 Å². The molecule has 0 amide bonds. The average molecular weight is 400 g/mol. The number of aryl methyl sites for hydroxylation is 1. The van der Waals surface area contributed by atoms with Crippen molar-refractivity contribution in [1.82, 2.24) is 14.9 Å². The smallest absolute Gasteiger partial charge is 0.166 e. The molecule has 2 aromatic heterocycles. The molecule has 1 aliphatic heterocycles. The van der Waals surface area contributed by atoms with Gasteiger partial charge in [-0.2, -0.15) is 0 Å². The number of aromatic amines is 1. The number of carbonyl (C=O) groups excluding carboxylic acids is 1. The third kappa shape index (κ3) is 7.74. The highest BCUT2D eigenvalue weighted by atomic mass is 16.1. The van der Waals surface area contributed by atoms with Crippen molar-refractivity contribution < 1.29 is 4.79 Å². The maximum Gasteiger partial charge on any atom is 0.166 e. The largest absolute Gasteiger partial charge is 0.396 e. The molecule has 6 heteroatoms. The summed E-state index contributed by atoms with van der Waals surface area (Å²) in [4.78, 5) is 22.5. The Kier molecular flexibility index (Phi) is 10.8. The second-order valence-corrected chi connectivity index (χ2v) is 7.06. The predicted octanol–water partition coefficient (Wildman–Crippen LogP) is 4.25. The van der Waals surface area contributed by atoms with Crippen LogP contribution in [-0.2, 0) is 6.42 Å². The number of nitrogens with one attached hydrogen (secondary N) is 1. The van der Waals surface area contributed by atoms with Crippen molar-refractivity contribution in [3.05, 3.63) is 46.9 Å². The molecular weight excluding hydrogens is 362 g/mol. The summed E-state index contributed by atoms with van der Waals surface area (Å²) in [6.07, 6.45) is 5.65. The van der Waals surface area contributed by atoms with E-state index in [0.717, 1.165) is 61.6 Å². The van der Waals surface area contributed by atoms with Crippen molar-refractivity contribution in [2.45, 2.75) is 41.0 Å². The van der Waals surface area contributed by atoms with Gasteiger partial charge in [0.05, 0.1) is 11.4 Å². The number of aromatic nitrogens is 2. The lowest BCUT2D eigenvalue weighted by Gasteiger charge is -2.33. The third-order valence-corrected chi connectivity index (χ3v) is 4.50. The normalized spacial score (nSPS) is 13.5. The number of nitrogens with zero attached hydrogens (tertiary/aromatic N) is 3. The third-order valence-electron chi connectivity index (χ3n) is 4.50. The Morgan fingerprint density at radius 1 is 1.24 bits per heavy atom. The highest BCUT2D eigenvalue weighted by molar-refractivity contribution is 5.75. The van der Waals surface area contributed by atoms with Crippen LogP contribution >= 0.6 is 0 Å². The Morgan fingerprint density at radius 2 is 1.90 bits per heavy atom. The van der Waals surface area contributed by atoms with Gasteiger partial charge in [-0.25, -0.2) is 4.98 Å². The number of allylic oxidation sites excluding steroid dienone is 1. The van der Waals surface area contributed by atoms with Gasteiger partial charge in [0.1, 0.15) is 0 Å². The number of nitrogens with two attached hydrogens (primary N) is 1. The molecule has 1 saturated heterocycles. The molecule has 0 aromatic carbocycles. The number of H-pyrrole nitrogens is 1. The maximum absolute atomic E-state index is 10.5. The molecule has 3 N–H and O–H groups in total. The van der Waals surface area contributed by atoms with Crippen molar-refractivity contribution in [3.63, 3.8) is 0 Å². The topological polar surface area (TPSA) is 78.2 Å². The minimum atomic E-state index is 0.657. The number of likely N-dealkylation sites (N-methyl/N-ethyl adjacent to an activating group) is 1. The van der Waals surface area contributed by atoms with Crippen LogP contribution in [-0.4, -0.2) is 54.4 Å². The van der Waals surface area contributed by atoms with Crippen LogP contribution in [0.1, 0.15) is 56.4 Å². The Morgan fingerprint density at radius 3 is 2.41 bits per heavy atom. The summed E-state index contributed by atoms with van der Waals surface area (Å²) in [5.74, 6) is 0.931. The van der Waals surface area contributed by atoms with Crippen molar-refractivity contribution in [2.24, 2.45) is 0 Å². The molecule has 160 valence electrons. The molecule has 0 saturated carbocycles. The van der Waals surface area contributed by atoms with Crippen LogP contribution in [0.4, 0.5) is 11.5 Å². The first-order valence-corrected chi connectivity index (χ1v) is 10.4. The van der Waals surface area contributed by atoms with E-state index in [-0.39, 0.29) is 0 Å². The highest BCUT2D eigenvalue weighted by Gasteiger charge is 2.16. The van der Waals surface area contributed by atoms with Gasteiger partial charge in [0.15, 0.2) is 12.1 Å². The molecular formula is C23H37N5O. The minimum Gasteiger partial charge on any atom is -0.396 e. The monoisotopic (exact) mass is 399 g/mol. The second-order valence-electron chi connectivity index (χ2n) is 7.06. The number of nitrogen functional groups attached to an aromatic ring is 1. The maximum atomic E-state index is 10.5. The number of hydrogen-bond acceptors (Lipinski definition) is 5. The number of rotatable bonds is 4. The van der Waals surface area contributed by atoms with Crippen LogP contribution in [0, 0.1) is 0 Å². The summed E-state index contributed by atoms with van der Waals surface area (Å²) in [5.41, 5.74) is 10.8. The van der Waals surface area contributed by atoms with E-state index in [1.165, 1.54) is 5.57 Å². The van der Waals surface area contributed by atoms with Crippen LogP contribution in [0.25, 0.3) is 6.08 Å². The molecule has 2 aromatic rings. The fraction of sp³-hybridized carbons (Fsp3) is 0.478. The average Bonchev–Trinajstić information content (AvgIpc) is 3.12. The molecule has 0 aliphatic carbocycles. The van der Waals surface area contributed by atoms with Crippen molar-refractivity contribution in [1.29, 1.82) is 0 Å². The van der Waals surface area contributed by atoms with Crippen molar-refractivity contribution in [3.8, 4) is 0 Å².